The minimum Gasteiger partial charge on any atom is -0.0622 e. The van der Waals surface area contributed by atoms with Gasteiger partial charge in [-0.25, -0.2) is 0 Å². The van der Waals surface area contributed by atoms with Gasteiger partial charge in [-0.3, -0.25) is 0 Å². The molecule has 2 rings (SSSR count). The lowest BCUT2D eigenvalue weighted by molar-refractivity contribution is 0.335. The van der Waals surface area contributed by atoms with E-state index in [0.717, 1.165) is 11.8 Å². The maximum Gasteiger partial charge on any atom is 0.0303 e. The number of hydrogen-bond acceptors (Lipinski definition) is 0. The van der Waals surface area contributed by atoms with Crippen LogP contribution >= 0.6 is 0 Å². The predicted molar refractivity (Wildman–Crippen MR) is 39.2 cm³/mol. The maximum absolute atomic E-state index is 8.01. The van der Waals surface area contributed by atoms with Crippen molar-refractivity contribution < 1.29 is 1.37 Å². The lowest BCUT2D eigenvalue weighted by atomic mass is 9.88. The summed E-state index contributed by atoms with van der Waals surface area (Å²) in [5.41, 5.74) is 0. The third-order valence-corrected chi connectivity index (χ3v) is 3.09. The Morgan fingerprint density at radius 3 is 2.89 bits per heavy atom. The molecule has 0 heterocycles. The smallest absolute Gasteiger partial charge is 0.0303 e. The molecule has 3 atom stereocenters. The van der Waals surface area contributed by atoms with Crippen molar-refractivity contribution in [3.63, 3.8) is 0 Å². The molecule has 2 aliphatic carbocycles. The summed E-state index contributed by atoms with van der Waals surface area (Å²) in [6, 6.07) is 0. The van der Waals surface area contributed by atoms with Crippen LogP contribution in [0.3, 0.4) is 0 Å². The summed E-state index contributed by atoms with van der Waals surface area (Å²) in [6.45, 7) is 2.13. The first-order valence-electron chi connectivity index (χ1n) is 4.68. The third kappa shape index (κ3) is 0.889. The normalized spacial score (nSPS) is 59.4. The second-order valence-electron chi connectivity index (χ2n) is 3.78. The van der Waals surface area contributed by atoms with Crippen LogP contribution in [0.15, 0.2) is 0 Å². The molecule has 0 nitrogen and oxygen atoms in total. The Morgan fingerprint density at radius 1 is 1.33 bits per heavy atom. The van der Waals surface area contributed by atoms with Crippen LogP contribution in [-0.4, -0.2) is 0 Å². The second kappa shape index (κ2) is 2.00. The van der Waals surface area contributed by atoms with Gasteiger partial charge in [-0.1, -0.05) is 26.2 Å². The van der Waals surface area contributed by atoms with Crippen molar-refractivity contribution in [2.45, 2.75) is 39.0 Å². The lowest BCUT2D eigenvalue weighted by Crippen LogP contribution is -2.06. The summed E-state index contributed by atoms with van der Waals surface area (Å²) in [5.74, 6) is 1.61. The average Bonchev–Trinajstić information content (AvgIpc) is 2.04. The molecule has 0 radical (unpaired) electrons. The SMILES string of the molecule is [2H][C@@]1(C)CC2CCCC1C2. The maximum atomic E-state index is 8.01. The van der Waals surface area contributed by atoms with E-state index in [1.165, 1.54) is 32.1 Å². The van der Waals surface area contributed by atoms with Crippen molar-refractivity contribution in [3.8, 4) is 0 Å². The Labute approximate surface area is 59.1 Å². The number of rotatable bonds is 0. The first kappa shape index (κ1) is 4.76. The fourth-order valence-corrected chi connectivity index (χ4v) is 2.55. The highest BCUT2D eigenvalue weighted by Crippen LogP contribution is 2.45. The van der Waals surface area contributed by atoms with E-state index in [0.29, 0.717) is 0 Å². The Hall–Kier alpha value is 0. The molecule has 0 aliphatic heterocycles. The van der Waals surface area contributed by atoms with Crippen LogP contribution in [-0.2, 0) is 0 Å². The molecule has 9 heavy (non-hydrogen) atoms. The highest BCUT2D eigenvalue weighted by atomic mass is 14.4. The molecule has 52 valence electrons. The van der Waals surface area contributed by atoms with E-state index in [-0.39, 0.29) is 5.89 Å². The minimum atomic E-state index is -0.0544. The minimum absolute atomic E-state index is 0.0544. The van der Waals surface area contributed by atoms with Gasteiger partial charge in [0.1, 0.15) is 0 Å². The third-order valence-electron chi connectivity index (χ3n) is 3.09. The van der Waals surface area contributed by atoms with Gasteiger partial charge < -0.3 is 0 Å². The Kier molecular flexibility index (Phi) is 1.06. The van der Waals surface area contributed by atoms with Crippen LogP contribution < -0.4 is 0 Å². The monoisotopic (exact) mass is 125 g/mol. The quantitative estimate of drug-likeness (QED) is 0.467. The molecular formula is C9H16. The largest absolute Gasteiger partial charge is 0.0622 e. The summed E-state index contributed by atoms with van der Waals surface area (Å²) in [7, 11) is 0. The van der Waals surface area contributed by atoms with Crippen molar-refractivity contribution in [3.05, 3.63) is 0 Å². The highest BCUT2D eigenvalue weighted by molar-refractivity contribution is 4.84. The van der Waals surface area contributed by atoms with Crippen LogP contribution in [0.2, 0.25) is 0 Å². The van der Waals surface area contributed by atoms with E-state index in [4.69, 9.17) is 1.37 Å². The van der Waals surface area contributed by atoms with Gasteiger partial charge in [0.15, 0.2) is 0 Å². The Balaban J connectivity index is 2.15. The first-order chi connectivity index (χ1) is 4.68. The van der Waals surface area contributed by atoms with Gasteiger partial charge in [-0.2, -0.15) is 0 Å². The van der Waals surface area contributed by atoms with Crippen LogP contribution in [0.4, 0.5) is 0 Å². The van der Waals surface area contributed by atoms with E-state index in [2.05, 4.69) is 6.92 Å². The Bertz CT molecular complexity index is 140. The highest BCUT2D eigenvalue weighted by Gasteiger charge is 2.33. The standard InChI is InChI=1S/C9H16/c1-7-5-8-3-2-4-9(7)6-8/h7-9H,2-6H2,1H3/t7-,8?,9?/m1/s1/i7D. The molecule has 0 saturated heterocycles. The lowest BCUT2D eigenvalue weighted by Gasteiger charge is -2.18. The van der Waals surface area contributed by atoms with E-state index in [1.807, 2.05) is 0 Å². The summed E-state index contributed by atoms with van der Waals surface area (Å²) in [5, 5.41) is 0. The molecule has 2 unspecified atom stereocenters. The van der Waals surface area contributed by atoms with Crippen molar-refractivity contribution >= 4 is 0 Å². The fraction of sp³-hybridized carbons (Fsp3) is 1.00. The molecule has 0 amide bonds. The van der Waals surface area contributed by atoms with Gasteiger partial charge in [0.05, 0.1) is 0 Å². The summed E-state index contributed by atoms with van der Waals surface area (Å²) in [4.78, 5) is 0. The summed E-state index contributed by atoms with van der Waals surface area (Å²) >= 11 is 0. The molecule has 0 spiro atoms. The molecular weight excluding hydrogens is 108 g/mol. The van der Waals surface area contributed by atoms with Crippen LogP contribution in [0.1, 0.15) is 40.4 Å². The van der Waals surface area contributed by atoms with Crippen molar-refractivity contribution in [2.75, 3.05) is 0 Å². The zero-order valence-corrected chi connectivity index (χ0v) is 6.19. The predicted octanol–water partition coefficient (Wildman–Crippen LogP) is 2.83. The zero-order valence-electron chi connectivity index (χ0n) is 7.19. The molecule has 2 aliphatic rings. The van der Waals surface area contributed by atoms with Gasteiger partial charge in [-0.15, -0.1) is 0 Å². The molecule has 0 aromatic carbocycles. The van der Waals surface area contributed by atoms with Gasteiger partial charge >= 0.3 is 0 Å². The van der Waals surface area contributed by atoms with E-state index in [9.17, 15) is 0 Å². The topological polar surface area (TPSA) is 0 Å². The van der Waals surface area contributed by atoms with Crippen LogP contribution in [0, 0.1) is 17.7 Å². The molecule has 0 N–H and O–H groups in total. The number of hydrogen-bond donors (Lipinski definition) is 0. The molecule has 0 aromatic heterocycles. The Morgan fingerprint density at radius 2 is 2.22 bits per heavy atom. The summed E-state index contributed by atoms with van der Waals surface area (Å²) in [6.07, 6.45) is 6.67. The van der Waals surface area contributed by atoms with Gasteiger partial charge in [0.2, 0.25) is 0 Å². The molecule has 0 heteroatoms. The molecule has 2 fully saturated rings. The van der Waals surface area contributed by atoms with Crippen LogP contribution in [0.5, 0.6) is 0 Å². The van der Waals surface area contributed by atoms with Crippen LogP contribution in [0.25, 0.3) is 0 Å². The van der Waals surface area contributed by atoms with Gasteiger partial charge in [0.25, 0.3) is 0 Å². The molecule has 2 bridgehead atoms. The molecule has 0 aromatic rings. The van der Waals surface area contributed by atoms with Gasteiger partial charge in [-0.05, 0) is 30.6 Å². The zero-order chi connectivity index (χ0) is 7.19. The average molecular weight is 125 g/mol. The first-order valence-corrected chi connectivity index (χ1v) is 4.18. The molecule has 2 saturated carbocycles. The van der Waals surface area contributed by atoms with E-state index >= 15 is 0 Å². The number of fused-ring (bicyclic) bond motifs is 2. The second-order valence-corrected chi connectivity index (χ2v) is 3.78. The van der Waals surface area contributed by atoms with E-state index in [1.54, 1.807) is 0 Å². The van der Waals surface area contributed by atoms with Crippen molar-refractivity contribution in [1.29, 1.82) is 0 Å². The fourth-order valence-electron chi connectivity index (χ4n) is 2.55. The van der Waals surface area contributed by atoms with Crippen molar-refractivity contribution in [1.82, 2.24) is 0 Å². The van der Waals surface area contributed by atoms with Crippen molar-refractivity contribution in [2.24, 2.45) is 17.7 Å². The van der Waals surface area contributed by atoms with Gasteiger partial charge in [0, 0.05) is 1.37 Å². The summed E-state index contributed by atoms with van der Waals surface area (Å²) < 4.78 is 8.01. The van der Waals surface area contributed by atoms with E-state index < -0.39 is 0 Å².